The highest BCUT2D eigenvalue weighted by Gasteiger charge is 2.45. The summed E-state index contributed by atoms with van der Waals surface area (Å²) in [6.07, 6.45) is 0.155. The van der Waals surface area contributed by atoms with Gasteiger partial charge in [-0.15, -0.1) is 0 Å². The molecule has 0 N–H and O–H groups in total. The first-order valence-corrected chi connectivity index (χ1v) is 6.96. The van der Waals surface area contributed by atoms with Crippen molar-refractivity contribution >= 4 is 17.6 Å². The van der Waals surface area contributed by atoms with E-state index in [1.54, 1.807) is 38.1 Å². The predicted molar refractivity (Wildman–Crippen MR) is 77.1 cm³/mol. The molecule has 2 rings (SSSR count). The largest absolute Gasteiger partial charge is 0.494 e. The van der Waals surface area contributed by atoms with Crippen molar-refractivity contribution in [3.63, 3.8) is 0 Å². The quantitative estimate of drug-likeness (QED) is 0.615. The zero-order chi connectivity index (χ0) is 15.6. The molecular formula is C16H19NO4. The van der Waals surface area contributed by atoms with Crippen molar-refractivity contribution in [3.8, 4) is 5.75 Å². The van der Waals surface area contributed by atoms with Gasteiger partial charge in [0, 0.05) is 12.0 Å². The van der Waals surface area contributed by atoms with Gasteiger partial charge in [0.25, 0.3) is 0 Å². The van der Waals surface area contributed by atoms with E-state index in [1.807, 2.05) is 6.92 Å². The van der Waals surface area contributed by atoms with E-state index in [0.29, 0.717) is 17.9 Å². The van der Waals surface area contributed by atoms with Gasteiger partial charge in [-0.1, -0.05) is 13.8 Å². The maximum Gasteiger partial charge on any atom is 0.235 e. The van der Waals surface area contributed by atoms with Crippen LogP contribution in [0.2, 0.25) is 0 Å². The Balaban J connectivity index is 2.08. The van der Waals surface area contributed by atoms with E-state index in [2.05, 4.69) is 0 Å². The molecule has 112 valence electrons. The minimum Gasteiger partial charge on any atom is -0.494 e. The molecule has 5 nitrogen and oxygen atoms in total. The maximum absolute atomic E-state index is 12.2. The normalized spacial score (nSPS) is 17.2. The van der Waals surface area contributed by atoms with E-state index in [-0.39, 0.29) is 30.6 Å². The van der Waals surface area contributed by atoms with Crippen LogP contribution < -0.4 is 4.74 Å². The number of ketones is 1. The maximum atomic E-state index is 12.2. The molecule has 0 unspecified atom stereocenters. The second kappa shape index (κ2) is 5.68. The lowest BCUT2D eigenvalue weighted by molar-refractivity contribution is -0.140. The molecule has 0 aliphatic carbocycles. The Hall–Kier alpha value is -2.17. The van der Waals surface area contributed by atoms with Gasteiger partial charge >= 0.3 is 0 Å². The molecule has 0 saturated carbocycles. The van der Waals surface area contributed by atoms with Crippen molar-refractivity contribution in [2.45, 2.75) is 27.2 Å². The van der Waals surface area contributed by atoms with E-state index in [0.717, 1.165) is 4.90 Å². The average molecular weight is 289 g/mol. The van der Waals surface area contributed by atoms with Gasteiger partial charge in [0.1, 0.15) is 5.75 Å². The van der Waals surface area contributed by atoms with Gasteiger partial charge < -0.3 is 4.74 Å². The van der Waals surface area contributed by atoms with Gasteiger partial charge in [0.05, 0.1) is 18.6 Å². The van der Waals surface area contributed by atoms with Crippen molar-refractivity contribution in [1.82, 2.24) is 4.90 Å². The van der Waals surface area contributed by atoms with Crippen molar-refractivity contribution < 1.29 is 19.1 Å². The lowest BCUT2D eigenvalue weighted by Crippen LogP contribution is -2.37. The molecule has 1 fully saturated rings. The number of amides is 2. The Morgan fingerprint density at radius 1 is 1.24 bits per heavy atom. The van der Waals surface area contributed by atoms with Crippen molar-refractivity contribution in [2.24, 2.45) is 5.41 Å². The van der Waals surface area contributed by atoms with Gasteiger partial charge in [-0.05, 0) is 31.2 Å². The lowest BCUT2D eigenvalue weighted by Gasteiger charge is -2.17. The molecule has 1 aliphatic heterocycles. The zero-order valence-corrected chi connectivity index (χ0v) is 12.5. The fourth-order valence-corrected chi connectivity index (χ4v) is 2.33. The summed E-state index contributed by atoms with van der Waals surface area (Å²) in [5.74, 6) is -0.142. The first-order valence-electron chi connectivity index (χ1n) is 6.96. The van der Waals surface area contributed by atoms with Gasteiger partial charge in [0.15, 0.2) is 5.78 Å². The summed E-state index contributed by atoms with van der Waals surface area (Å²) >= 11 is 0. The van der Waals surface area contributed by atoms with Crippen LogP contribution in [0.15, 0.2) is 24.3 Å². The van der Waals surface area contributed by atoms with Crippen LogP contribution >= 0.6 is 0 Å². The number of Topliss-reactive ketones (excluding diaryl/α,β-unsaturated/α-hetero) is 1. The number of nitrogens with zero attached hydrogens (tertiary/aromatic N) is 1. The first-order chi connectivity index (χ1) is 9.85. The van der Waals surface area contributed by atoms with Crippen molar-refractivity contribution in [1.29, 1.82) is 0 Å². The van der Waals surface area contributed by atoms with Crippen LogP contribution in [0.5, 0.6) is 5.75 Å². The third-order valence-corrected chi connectivity index (χ3v) is 3.51. The summed E-state index contributed by atoms with van der Waals surface area (Å²) in [6.45, 7) is 5.67. The molecule has 1 aliphatic rings. The number of hydrogen-bond donors (Lipinski definition) is 0. The molecule has 0 bridgehead atoms. The van der Waals surface area contributed by atoms with Crippen LogP contribution in [0.1, 0.15) is 37.6 Å². The highest BCUT2D eigenvalue weighted by Crippen LogP contribution is 2.31. The van der Waals surface area contributed by atoms with Crippen molar-refractivity contribution in [3.05, 3.63) is 29.8 Å². The number of carbonyl (C=O) groups is 3. The van der Waals surface area contributed by atoms with Gasteiger partial charge in [-0.2, -0.15) is 0 Å². The Morgan fingerprint density at radius 3 is 2.33 bits per heavy atom. The van der Waals surface area contributed by atoms with E-state index in [1.165, 1.54) is 0 Å². The zero-order valence-electron chi connectivity index (χ0n) is 12.5. The van der Waals surface area contributed by atoms with Gasteiger partial charge in [-0.3, -0.25) is 19.3 Å². The van der Waals surface area contributed by atoms with Crippen LogP contribution in [0.25, 0.3) is 0 Å². The third-order valence-electron chi connectivity index (χ3n) is 3.51. The molecule has 0 radical (unpaired) electrons. The highest BCUT2D eigenvalue weighted by molar-refractivity contribution is 6.10. The standard InChI is InChI=1S/C16H19NO4/c1-4-21-12-7-5-11(6-8-12)13(18)10-17-14(19)9-16(2,3)15(17)20/h5-8H,4,9-10H2,1-3H3. The molecule has 0 aromatic heterocycles. The van der Waals surface area contributed by atoms with E-state index >= 15 is 0 Å². The molecule has 1 aromatic carbocycles. The average Bonchev–Trinajstić information content (AvgIpc) is 2.62. The molecule has 1 aromatic rings. The second-order valence-electron chi connectivity index (χ2n) is 5.73. The van der Waals surface area contributed by atoms with Crippen LogP contribution in [-0.2, 0) is 9.59 Å². The van der Waals surface area contributed by atoms with E-state index in [4.69, 9.17) is 4.74 Å². The topological polar surface area (TPSA) is 63.7 Å². The second-order valence-corrected chi connectivity index (χ2v) is 5.73. The van der Waals surface area contributed by atoms with Gasteiger partial charge in [0.2, 0.25) is 11.8 Å². The SMILES string of the molecule is CCOc1ccc(C(=O)CN2C(=O)CC(C)(C)C2=O)cc1. The summed E-state index contributed by atoms with van der Waals surface area (Å²) in [5.41, 5.74) is -0.250. The predicted octanol–water partition coefficient (Wildman–Crippen LogP) is 2.05. The molecule has 21 heavy (non-hydrogen) atoms. The monoisotopic (exact) mass is 289 g/mol. The van der Waals surface area contributed by atoms with Crippen LogP contribution in [-0.4, -0.2) is 35.6 Å². The summed E-state index contributed by atoms with van der Waals surface area (Å²) in [4.78, 5) is 37.2. The fourth-order valence-electron chi connectivity index (χ4n) is 2.33. The Labute approximate surface area is 123 Å². The number of carbonyl (C=O) groups excluding carboxylic acids is 3. The lowest BCUT2D eigenvalue weighted by atomic mass is 9.92. The number of imide groups is 1. The summed E-state index contributed by atoms with van der Waals surface area (Å²) < 4.78 is 5.31. The molecule has 0 atom stereocenters. The van der Waals surface area contributed by atoms with Crippen molar-refractivity contribution in [2.75, 3.05) is 13.2 Å². The van der Waals surface area contributed by atoms with Crippen LogP contribution in [0.4, 0.5) is 0 Å². The number of benzene rings is 1. The Kier molecular flexibility index (Phi) is 4.11. The summed E-state index contributed by atoms with van der Waals surface area (Å²) in [6, 6.07) is 6.69. The third kappa shape index (κ3) is 3.12. The minimum atomic E-state index is -0.712. The molecular weight excluding hydrogens is 270 g/mol. The van der Waals surface area contributed by atoms with Crippen LogP contribution in [0.3, 0.4) is 0 Å². The molecule has 0 spiro atoms. The fraction of sp³-hybridized carbons (Fsp3) is 0.438. The minimum absolute atomic E-state index is 0.155. The summed E-state index contributed by atoms with van der Waals surface area (Å²) in [5, 5.41) is 0. The highest BCUT2D eigenvalue weighted by atomic mass is 16.5. The molecule has 5 heteroatoms. The van der Waals surface area contributed by atoms with E-state index < -0.39 is 5.41 Å². The number of ether oxygens (including phenoxy) is 1. The van der Waals surface area contributed by atoms with E-state index in [9.17, 15) is 14.4 Å². The summed E-state index contributed by atoms with van der Waals surface area (Å²) in [7, 11) is 0. The Morgan fingerprint density at radius 2 is 1.86 bits per heavy atom. The molecule has 1 saturated heterocycles. The molecule has 2 amide bonds. The molecule has 1 heterocycles. The Bertz CT molecular complexity index is 574. The van der Waals surface area contributed by atoms with Crippen LogP contribution in [0, 0.1) is 5.41 Å². The van der Waals surface area contributed by atoms with Gasteiger partial charge in [-0.25, -0.2) is 0 Å². The first kappa shape index (κ1) is 15.2. The smallest absolute Gasteiger partial charge is 0.235 e. The number of rotatable bonds is 5. The number of likely N-dealkylation sites (tertiary alicyclic amines) is 1. The number of hydrogen-bond acceptors (Lipinski definition) is 4.